The van der Waals surface area contributed by atoms with Gasteiger partial charge in [-0.3, -0.25) is 0 Å². The molecule has 1 aromatic rings. The summed E-state index contributed by atoms with van der Waals surface area (Å²) < 4.78 is 0. The van der Waals surface area contributed by atoms with Crippen molar-refractivity contribution in [3.05, 3.63) is 34.9 Å². The van der Waals surface area contributed by atoms with Crippen LogP contribution in [0.4, 0.5) is 0 Å². The Morgan fingerprint density at radius 1 is 1.27 bits per heavy atom. The van der Waals surface area contributed by atoms with Gasteiger partial charge in [-0.15, -0.1) is 0 Å². The largest absolute Gasteiger partial charge is 0.303 e. The molecule has 0 bridgehead atoms. The van der Waals surface area contributed by atoms with Crippen molar-refractivity contribution in [2.24, 2.45) is 0 Å². The van der Waals surface area contributed by atoms with Crippen LogP contribution >= 0.6 is 0 Å². The van der Waals surface area contributed by atoms with E-state index in [1.54, 1.807) is 0 Å². The Labute approximate surface area is 92.5 Å². The van der Waals surface area contributed by atoms with Crippen LogP contribution in [0, 0.1) is 6.92 Å². The van der Waals surface area contributed by atoms with E-state index >= 15 is 0 Å². The zero-order valence-electron chi connectivity index (χ0n) is 9.75. The van der Waals surface area contributed by atoms with Crippen LogP contribution in [0.3, 0.4) is 0 Å². The number of unbranched alkanes of at least 4 members (excludes halogenated alkanes) is 1. The van der Waals surface area contributed by atoms with E-state index in [0.29, 0.717) is 6.42 Å². The third-order valence-electron chi connectivity index (χ3n) is 2.76. The molecule has 0 heterocycles. The molecule has 0 spiro atoms. The second kappa shape index (κ2) is 6.39. The SMILES string of the molecule is CCCCc1ccc(CCC=O)cc1C. The molecule has 1 nitrogen and oxygen atoms in total. The van der Waals surface area contributed by atoms with Gasteiger partial charge in [0.25, 0.3) is 0 Å². The number of hydrogen-bond acceptors (Lipinski definition) is 1. The van der Waals surface area contributed by atoms with E-state index < -0.39 is 0 Å². The molecular formula is C14H20O. The molecule has 0 radical (unpaired) electrons. The van der Waals surface area contributed by atoms with Crippen molar-refractivity contribution in [2.45, 2.75) is 46.0 Å². The predicted molar refractivity (Wildman–Crippen MR) is 64.2 cm³/mol. The van der Waals surface area contributed by atoms with Crippen molar-refractivity contribution in [1.29, 1.82) is 0 Å². The van der Waals surface area contributed by atoms with Crippen molar-refractivity contribution in [3.8, 4) is 0 Å². The molecule has 0 amide bonds. The highest BCUT2D eigenvalue weighted by atomic mass is 16.1. The Bertz CT molecular complexity index is 315. The zero-order chi connectivity index (χ0) is 11.1. The van der Waals surface area contributed by atoms with Crippen LogP contribution in [0.5, 0.6) is 0 Å². The minimum atomic E-state index is 0.633. The Kier molecular flexibility index (Phi) is 5.09. The Morgan fingerprint density at radius 2 is 2.07 bits per heavy atom. The van der Waals surface area contributed by atoms with Gasteiger partial charge in [-0.05, 0) is 42.9 Å². The lowest BCUT2D eigenvalue weighted by atomic mass is 9.99. The van der Waals surface area contributed by atoms with Gasteiger partial charge in [0.2, 0.25) is 0 Å². The second-order valence-corrected chi connectivity index (χ2v) is 4.07. The number of aryl methyl sites for hydroxylation is 3. The van der Waals surface area contributed by atoms with E-state index in [4.69, 9.17) is 0 Å². The zero-order valence-corrected chi connectivity index (χ0v) is 9.75. The number of carbonyl (C=O) groups is 1. The van der Waals surface area contributed by atoms with E-state index in [1.807, 2.05) is 0 Å². The third kappa shape index (κ3) is 3.86. The van der Waals surface area contributed by atoms with Gasteiger partial charge < -0.3 is 4.79 Å². The van der Waals surface area contributed by atoms with Gasteiger partial charge in [0.05, 0.1) is 0 Å². The van der Waals surface area contributed by atoms with Crippen LogP contribution in [-0.4, -0.2) is 6.29 Å². The first-order valence-corrected chi connectivity index (χ1v) is 5.80. The fraction of sp³-hybridized carbons (Fsp3) is 0.500. The summed E-state index contributed by atoms with van der Waals surface area (Å²) in [6.45, 7) is 4.38. The van der Waals surface area contributed by atoms with Gasteiger partial charge in [0.15, 0.2) is 0 Å². The molecule has 0 atom stereocenters. The van der Waals surface area contributed by atoms with Crippen LogP contribution < -0.4 is 0 Å². The van der Waals surface area contributed by atoms with Gasteiger partial charge in [0.1, 0.15) is 6.29 Å². The lowest BCUT2D eigenvalue weighted by molar-refractivity contribution is -0.107. The maximum absolute atomic E-state index is 10.3. The molecule has 82 valence electrons. The summed E-state index contributed by atoms with van der Waals surface area (Å²) in [7, 11) is 0. The standard InChI is InChI=1S/C14H20O/c1-3-4-7-14-9-8-13(6-5-10-15)11-12(14)2/h8-11H,3-7H2,1-2H3. The monoisotopic (exact) mass is 204 g/mol. The quantitative estimate of drug-likeness (QED) is 0.648. The lowest BCUT2D eigenvalue weighted by Crippen LogP contribution is -1.93. The van der Waals surface area contributed by atoms with Crippen molar-refractivity contribution < 1.29 is 4.79 Å². The second-order valence-electron chi connectivity index (χ2n) is 4.07. The molecule has 0 aliphatic heterocycles. The first-order valence-electron chi connectivity index (χ1n) is 5.80. The number of rotatable bonds is 6. The molecule has 15 heavy (non-hydrogen) atoms. The molecule has 0 fully saturated rings. The molecule has 1 rings (SSSR count). The van der Waals surface area contributed by atoms with Gasteiger partial charge in [-0.1, -0.05) is 31.5 Å². The van der Waals surface area contributed by atoms with Gasteiger partial charge in [-0.2, -0.15) is 0 Å². The average molecular weight is 204 g/mol. The van der Waals surface area contributed by atoms with E-state index in [1.165, 1.54) is 36.0 Å². The van der Waals surface area contributed by atoms with Gasteiger partial charge in [-0.25, -0.2) is 0 Å². The fourth-order valence-electron chi connectivity index (χ4n) is 1.79. The molecule has 0 N–H and O–H groups in total. The van der Waals surface area contributed by atoms with E-state index in [-0.39, 0.29) is 0 Å². The first-order chi connectivity index (χ1) is 7.27. The summed E-state index contributed by atoms with van der Waals surface area (Å²) in [5.74, 6) is 0. The predicted octanol–water partition coefficient (Wildman–Crippen LogP) is 3.47. The van der Waals surface area contributed by atoms with Crippen molar-refractivity contribution in [3.63, 3.8) is 0 Å². The summed E-state index contributed by atoms with van der Waals surface area (Å²) in [4.78, 5) is 10.3. The highest BCUT2D eigenvalue weighted by Crippen LogP contribution is 2.14. The Morgan fingerprint density at radius 3 is 2.67 bits per heavy atom. The van der Waals surface area contributed by atoms with E-state index in [2.05, 4.69) is 32.0 Å². The third-order valence-corrected chi connectivity index (χ3v) is 2.76. The average Bonchev–Trinajstić information content (AvgIpc) is 2.25. The summed E-state index contributed by atoms with van der Waals surface area (Å²) in [6.07, 6.45) is 6.17. The number of aldehydes is 1. The first kappa shape index (κ1) is 12.0. The summed E-state index contributed by atoms with van der Waals surface area (Å²) in [5.41, 5.74) is 4.10. The summed E-state index contributed by atoms with van der Waals surface area (Å²) in [6, 6.07) is 6.58. The minimum Gasteiger partial charge on any atom is -0.303 e. The molecule has 0 aliphatic rings. The van der Waals surface area contributed by atoms with Crippen LogP contribution in [0.1, 0.15) is 42.9 Å². The minimum absolute atomic E-state index is 0.633. The van der Waals surface area contributed by atoms with Gasteiger partial charge >= 0.3 is 0 Å². The van der Waals surface area contributed by atoms with Gasteiger partial charge in [0, 0.05) is 6.42 Å². The van der Waals surface area contributed by atoms with Crippen LogP contribution in [0.15, 0.2) is 18.2 Å². The molecule has 0 aromatic heterocycles. The summed E-state index contributed by atoms with van der Waals surface area (Å²) in [5, 5.41) is 0. The highest BCUT2D eigenvalue weighted by molar-refractivity contribution is 5.50. The smallest absolute Gasteiger partial charge is 0.120 e. The Hall–Kier alpha value is -1.11. The topological polar surface area (TPSA) is 17.1 Å². The molecular weight excluding hydrogens is 184 g/mol. The molecule has 1 aromatic carbocycles. The fourth-order valence-corrected chi connectivity index (χ4v) is 1.79. The lowest BCUT2D eigenvalue weighted by Gasteiger charge is -2.07. The van der Waals surface area contributed by atoms with Crippen molar-refractivity contribution in [1.82, 2.24) is 0 Å². The number of benzene rings is 1. The molecule has 0 saturated heterocycles. The van der Waals surface area contributed by atoms with E-state index in [9.17, 15) is 4.79 Å². The number of hydrogen-bond donors (Lipinski definition) is 0. The maximum atomic E-state index is 10.3. The Balaban J connectivity index is 2.65. The van der Waals surface area contributed by atoms with Crippen molar-refractivity contribution >= 4 is 6.29 Å². The van der Waals surface area contributed by atoms with Crippen LogP contribution in [0.2, 0.25) is 0 Å². The summed E-state index contributed by atoms with van der Waals surface area (Å²) >= 11 is 0. The van der Waals surface area contributed by atoms with Crippen LogP contribution in [-0.2, 0) is 17.6 Å². The molecule has 1 heteroatoms. The number of carbonyl (C=O) groups excluding carboxylic acids is 1. The molecule has 0 unspecified atom stereocenters. The molecule has 0 saturated carbocycles. The van der Waals surface area contributed by atoms with Crippen LogP contribution in [0.25, 0.3) is 0 Å². The van der Waals surface area contributed by atoms with Crippen molar-refractivity contribution in [2.75, 3.05) is 0 Å². The van der Waals surface area contributed by atoms with E-state index in [0.717, 1.165) is 12.7 Å². The molecule has 0 aliphatic carbocycles. The highest BCUT2D eigenvalue weighted by Gasteiger charge is 1.99. The normalized spacial score (nSPS) is 10.3. The maximum Gasteiger partial charge on any atom is 0.120 e.